The number of nitrogens with one attached hydrogen (secondary N) is 1. The number of amides is 4. The van der Waals surface area contributed by atoms with E-state index in [2.05, 4.69) is 5.32 Å². The molecule has 10 nitrogen and oxygen atoms in total. The van der Waals surface area contributed by atoms with E-state index in [-0.39, 0.29) is 44.0 Å². The van der Waals surface area contributed by atoms with Crippen molar-refractivity contribution in [1.82, 2.24) is 15.3 Å². The number of nitrogens with zero attached hydrogens (tertiary/aromatic N) is 2. The van der Waals surface area contributed by atoms with Gasteiger partial charge in [-0.3, -0.25) is 19.2 Å². The number of carbonyl (C=O) groups excluding carboxylic acids is 5. The minimum Gasteiger partial charge on any atom is -0.370 e. The molecule has 1 atom stereocenters. The first-order valence-corrected chi connectivity index (χ1v) is 8.88. The van der Waals surface area contributed by atoms with Crippen LogP contribution in [0.4, 0.5) is 0 Å². The zero-order chi connectivity index (χ0) is 19.8. The zero-order valence-electron chi connectivity index (χ0n) is 14.9. The number of rotatable bonds is 10. The summed E-state index contributed by atoms with van der Waals surface area (Å²) in [6, 6.07) is 0. The molecule has 2 N–H and O–H groups in total. The monoisotopic (exact) mass is 381 g/mol. The molecule has 0 bridgehead atoms. The Bertz CT molecular complexity index is 630. The van der Waals surface area contributed by atoms with Crippen molar-refractivity contribution in [3.05, 3.63) is 12.2 Å². The molecule has 148 valence electrons. The molecular formula is C17H23N3O7. The second-order valence-electron chi connectivity index (χ2n) is 6.26. The molecule has 0 aromatic heterocycles. The fraction of sp³-hybridized carbons (Fsp3) is 0.588. The van der Waals surface area contributed by atoms with E-state index in [1.807, 2.05) is 0 Å². The molecule has 4 amide bonds. The number of unbranched alkanes of at least 4 members (excludes halogenated alkanes) is 2. The van der Waals surface area contributed by atoms with Gasteiger partial charge in [0.25, 0.3) is 11.8 Å². The maximum absolute atomic E-state index is 11.7. The Morgan fingerprint density at radius 2 is 1.81 bits per heavy atom. The van der Waals surface area contributed by atoms with Gasteiger partial charge in [-0.05, 0) is 18.9 Å². The quantitative estimate of drug-likeness (QED) is 0.380. The number of hydrogen-bond donors (Lipinski definition) is 2. The molecule has 2 aliphatic rings. The lowest BCUT2D eigenvalue weighted by Crippen LogP contribution is -2.37. The largest absolute Gasteiger partial charge is 0.370 e. The van der Waals surface area contributed by atoms with Crippen molar-refractivity contribution < 1.29 is 33.9 Å². The maximum Gasteiger partial charge on any atom is 0.333 e. The lowest BCUT2D eigenvalue weighted by Gasteiger charge is -2.19. The molecule has 27 heavy (non-hydrogen) atoms. The van der Waals surface area contributed by atoms with Crippen LogP contribution in [0.15, 0.2) is 12.2 Å². The third-order valence-electron chi connectivity index (χ3n) is 4.17. The standard InChI is InChI=1S/C17H23N3O7/c21-12(9-11-19-13(22)5-6-14(19)23)18-10-3-1-2-4-17(26)27-20-15(24)7-8-16(20)25/h5-6,13,22H,1-4,7-11H2,(H,18,21). The molecule has 0 aliphatic carbocycles. The van der Waals surface area contributed by atoms with Crippen LogP contribution in [0.25, 0.3) is 0 Å². The minimum atomic E-state index is -0.976. The molecule has 0 radical (unpaired) electrons. The average Bonchev–Trinajstić information content (AvgIpc) is 3.12. The van der Waals surface area contributed by atoms with Gasteiger partial charge in [0.2, 0.25) is 11.8 Å². The minimum absolute atomic E-state index is 0.0627. The summed E-state index contributed by atoms with van der Waals surface area (Å²) in [7, 11) is 0. The van der Waals surface area contributed by atoms with Gasteiger partial charge in [-0.15, -0.1) is 5.06 Å². The molecule has 1 fully saturated rings. The highest BCUT2D eigenvalue weighted by Crippen LogP contribution is 2.13. The van der Waals surface area contributed by atoms with Crippen LogP contribution < -0.4 is 5.32 Å². The summed E-state index contributed by atoms with van der Waals surface area (Å²) in [5, 5.41) is 12.7. The molecule has 2 heterocycles. The number of hydroxylamine groups is 2. The normalized spacial score (nSPS) is 19.1. The van der Waals surface area contributed by atoms with Crippen LogP contribution in [-0.2, 0) is 28.8 Å². The zero-order valence-corrected chi connectivity index (χ0v) is 14.9. The molecule has 1 saturated heterocycles. The van der Waals surface area contributed by atoms with E-state index in [4.69, 9.17) is 4.84 Å². The smallest absolute Gasteiger partial charge is 0.333 e. The highest BCUT2D eigenvalue weighted by atomic mass is 16.7. The number of aliphatic hydroxyl groups is 1. The van der Waals surface area contributed by atoms with Crippen molar-refractivity contribution in [3.63, 3.8) is 0 Å². The van der Waals surface area contributed by atoms with Gasteiger partial charge in [-0.1, -0.05) is 6.42 Å². The summed E-state index contributed by atoms with van der Waals surface area (Å²) in [6.07, 6.45) is 3.76. The van der Waals surface area contributed by atoms with Gasteiger partial charge in [0.15, 0.2) is 0 Å². The van der Waals surface area contributed by atoms with Crippen molar-refractivity contribution in [1.29, 1.82) is 0 Å². The average molecular weight is 381 g/mol. The Hall–Kier alpha value is -2.75. The van der Waals surface area contributed by atoms with Crippen molar-refractivity contribution in [2.75, 3.05) is 13.1 Å². The van der Waals surface area contributed by atoms with Crippen LogP contribution in [0.1, 0.15) is 44.9 Å². The van der Waals surface area contributed by atoms with E-state index in [1.165, 1.54) is 17.1 Å². The lowest BCUT2D eigenvalue weighted by molar-refractivity contribution is -0.197. The Balaban J connectivity index is 1.49. The van der Waals surface area contributed by atoms with Crippen LogP contribution in [0.2, 0.25) is 0 Å². The van der Waals surface area contributed by atoms with Crippen molar-refractivity contribution in [2.45, 2.75) is 51.2 Å². The summed E-state index contributed by atoms with van der Waals surface area (Å²) >= 11 is 0. The first kappa shape index (κ1) is 20.6. The van der Waals surface area contributed by atoms with Crippen molar-refractivity contribution in [2.24, 2.45) is 0 Å². The summed E-state index contributed by atoms with van der Waals surface area (Å²) in [6.45, 7) is 0.560. The Morgan fingerprint density at radius 1 is 1.11 bits per heavy atom. The Morgan fingerprint density at radius 3 is 2.44 bits per heavy atom. The Kier molecular flexibility index (Phi) is 7.47. The van der Waals surface area contributed by atoms with Gasteiger partial charge >= 0.3 is 5.97 Å². The Labute approximate surface area is 156 Å². The summed E-state index contributed by atoms with van der Waals surface area (Å²) in [4.78, 5) is 63.3. The fourth-order valence-corrected chi connectivity index (χ4v) is 2.66. The molecular weight excluding hydrogens is 358 g/mol. The molecule has 2 rings (SSSR count). The predicted molar refractivity (Wildman–Crippen MR) is 90.1 cm³/mol. The first-order chi connectivity index (χ1) is 12.9. The number of carbonyl (C=O) groups is 5. The number of aliphatic hydroxyl groups excluding tert-OH is 1. The van der Waals surface area contributed by atoms with E-state index in [9.17, 15) is 29.1 Å². The highest BCUT2D eigenvalue weighted by molar-refractivity contribution is 6.01. The van der Waals surface area contributed by atoms with Gasteiger partial charge in [0, 0.05) is 44.8 Å². The molecule has 0 saturated carbocycles. The maximum atomic E-state index is 11.7. The van der Waals surface area contributed by atoms with Gasteiger partial charge in [-0.2, -0.15) is 0 Å². The molecule has 10 heteroatoms. The van der Waals surface area contributed by atoms with E-state index in [0.29, 0.717) is 30.9 Å². The molecule has 0 aromatic rings. The van der Waals surface area contributed by atoms with Gasteiger partial charge in [0.1, 0.15) is 6.23 Å². The SMILES string of the molecule is O=C(CCN1C(=O)C=CC1O)NCCCCCC(=O)ON1C(=O)CCC1=O. The predicted octanol–water partition coefficient (Wildman–Crippen LogP) is -0.623. The molecule has 0 spiro atoms. The number of imide groups is 1. The van der Waals surface area contributed by atoms with Gasteiger partial charge < -0.3 is 20.2 Å². The summed E-state index contributed by atoms with van der Waals surface area (Å²) < 4.78 is 0. The molecule has 2 aliphatic heterocycles. The molecule has 1 unspecified atom stereocenters. The molecule has 0 aromatic carbocycles. The lowest BCUT2D eigenvalue weighted by atomic mass is 10.2. The summed E-state index contributed by atoms with van der Waals surface area (Å²) in [5.74, 6) is -2.19. The van der Waals surface area contributed by atoms with E-state index in [0.717, 1.165) is 0 Å². The highest BCUT2D eigenvalue weighted by Gasteiger charge is 2.32. The van der Waals surface area contributed by atoms with Crippen molar-refractivity contribution in [3.8, 4) is 0 Å². The first-order valence-electron chi connectivity index (χ1n) is 8.88. The van der Waals surface area contributed by atoms with Crippen LogP contribution in [0.5, 0.6) is 0 Å². The third kappa shape index (κ3) is 6.17. The summed E-state index contributed by atoms with van der Waals surface area (Å²) in [5.41, 5.74) is 0. The van der Waals surface area contributed by atoms with Crippen LogP contribution in [0.3, 0.4) is 0 Å². The topological polar surface area (TPSA) is 133 Å². The second-order valence-corrected chi connectivity index (χ2v) is 6.26. The van der Waals surface area contributed by atoms with E-state index in [1.54, 1.807) is 0 Å². The van der Waals surface area contributed by atoms with Crippen LogP contribution in [-0.4, -0.2) is 64.0 Å². The van der Waals surface area contributed by atoms with E-state index < -0.39 is 24.0 Å². The second kappa shape index (κ2) is 9.81. The third-order valence-corrected chi connectivity index (χ3v) is 4.17. The van der Waals surface area contributed by atoms with Crippen LogP contribution >= 0.6 is 0 Å². The van der Waals surface area contributed by atoms with Crippen LogP contribution in [0, 0.1) is 0 Å². The van der Waals surface area contributed by atoms with Gasteiger partial charge in [0.05, 0.1) is 0 Å². The fourth-order valence-electron chi connectivity index (χ4n) is 2.66. The van der Waals surface area contributed by atoms with E-state index >= 15 is 0 Å². The van der Waals surface area contributed by atoms with Gasteiger partial charge in [-0.25, -0.2) is 4.79 Å². The number of hydrogen-bond acceptors (Lipinski definition) is 7. The van der Waals surface area contributed by atoms with Crippen molar-refractivity contribution >= 4 is 29.6 Å².